The summed E-state index contributed by atoms with van der Waals surface area (Å²) >= 11 is 1.25. The summed E-state index contributed by atoms with van der Waals surface area (Å²) in [6.07, 6.45) is 0. The van der Waals surface area contributed by atoms with E-state index >= 15 is 0 Å². The molecule has 7 nitrogen and oxygen atoms in total. The molecule has 2 rings (SSSR count). The minimum Gasteiger partial charge on any atom is -0.480 e. The molecule has 3 N–H and O–H groups in total. The zero-order chi connectivity index (χ0) is 12.4. The van der Waals surface area contributed by atoms with Crippen LogP contribution in [0.25, 0.3) is 0 Å². The zero-order valence-corrected chi connectivity index (χ0v) is 10.1. The monoisotopic (exact) mass is 253 g/mol. The van der Waals surface area contributed by atoms with Gasteiger partial charge in [-0.05, 0) is 23.9 Å². The molecule has 0 atom stereocenters. The lowest BCUT2D eigenvalue weighted by molar-refractivity contribution is 0.397. The van der Waals surface area contributed by atoms with Gasteiger partial charge in [-0.2, -0.15) is 0 Å². The number of anilines is 1. The van der Waals surface area contributed by atoms with Crippen LogP contribution < -0.4 is 16.2 Å². The molecule has 0 unspecified atom stereocenters. The smallest absolute Gasteiger partial charge is 0.343 e. The predicted octanol–water partition coefficient (Wildman–Crippen LogP) is 0.245. The average Bonchev–Trinajstić information content (AvgIpc) is 2.63. The summed E-state index contributed by atoms with van der Waals surface area (Å²) in [5.74, 6) is 0.357. The highest BCUT2D eigenvalue weighted by Gasteiger charge is 2.09. The van der Waals surface area contributed by atoms with Gasteiger partial charge in [0.25, 0.3) is 0 Å². The molecule has 0 aromatic carbocycles. The fraction of sp³-hybridized carbons (Fsp3) is 0.222. The molecule has 90 valence electrons. The minimum atomic E-state index is -0.269. The molecule has 2 heterocycles. The molecule has 0 aliphatic carbocycles. The first-order valence-corrected chi connectivity index (χ1v) is 5.53. The molecule has 0 fully saturated rings. The Balaban J connectivity index is 2.30. The molecular weight excluding hydrogens is 242 g/mol. The summed E-state index contributed by atoms with van der Waals surface area (Å²) in [5, 5.41) is 7.39. The van der Waals surface area contributed by atoms with Crippen molar-refractivity contribution in [3.8, 4) is 5.88 Å². The fourth-order valence-corrected chi connectivity index (χ4v) is 1.93. The maximum Gasteiger partial charge on any atom is 0.343 e. The van der Waals surface area contributed by atoms with Crippen LogP contribution in [-0.2, 0) is 7.05 Å². The Morgan fingerprint density at radius 1 is 1.53 bits per heavy atom. The normalized spacial score (nSPS) is 10.5. The number of nitrogens with zero attached hydrogens (tertiary/aromatic N) is 3. The van der Waals surface area contributed by atoms with Crippen LogP contribution in [0.5, 0.6) is 5.88 Å². The van der Waals surface area contributed by atoms with E-state index in [1.165, 1.54) is 23.4 Å². The Hall–Kier alpha value is -1.96. The standard InChI is InChI=1S/C9H11N5O2S/c1-14-8(15)12-13-9(14)17-6-4-3-5(10)7(11-6)16-2/h3-4H,10H2,1-2H3,(H,12,15). The van der Waals surface area contributed by atoms with Gasteiger partial charge in [-0.25, -0.2) is 14.9 Å². The van der Waals surface area contributed by atoms with Gasteiger partial charge < -0.3 is 10.5 Å². The largest absolute Gasteiger partial charge is 0.480 e. The van der Waals surface area contributed by atoms with Gasteiger partial charge in [0.2, 0.25) is 5.88 Å². The average molecular weight is 253 g/mol. The van der Waals surface area contributed by atoms with Crippen LogP contribution >= 0.6 is 11.8 Å². The van der Waals surface area contributed by atoms with Crippen LogP contribution in [-0.4, -0.2) is 26.9 Å². The second kappa shape index (κ2) is 4.50. The third kappa shape index (κ3) is 2.26. The van der Waals surface area contributed by atoms with Gasteiger partial charge in [0.15, 0.2) is 5.16 Å². The quantitative estimate of drug-likeness (QED) is 0.813. The lowest BCUT2D eigenvalue weighted by Gasteiger charge is -2.05. The summed E-state index contributed by atoms with van der Waals surface area (Å²) < 4.78 is 6.41. The molecule has 2 aromatic heterocycles. The molecule has 0 bridgehead atoms. The highest BCUT2D eigenvalue weighted by atomic mass is 32.2. The van der Waals surface area contributed by atoms with Gasteiger partial charge in [0.05, 0.1) is 12.8 Å². The first-order chi connectivity index (χ1) is 8.11. The highest BCUT2D eigenvalue weighted by Crippen LogP contribution is 2.27. The van der Waals surface area contributed by atoms with E-state index in [9.17, 15) is 4.79 Å². The lowest BCUT2D eigenvalue weighted by atomic mass is 10.4. The van der Waals surface area contributed by atoms with E-state index < -0.39 is 0 Å². The second-order valence-electron chi connectivity index (χ2n) is 3.22. The van der Waals surface area contributed by atoms with Crippen molar-refractivity contribution >= 4 is 17.4 Å². The maximum absolute atomic E-state index is 11.2. The number of ether oxygens (including phenoxy) is 1. The number of nitrogens with one attached hydrogen (secondary N) is 1. The van der Waals surface area contributed by atoms with Crippen molar-refractivity contribution in [1.82, 2.24) is 19.7 Å². The maximum atomic E-state index is 11.2. The Morgan fingerprint density at radius 3 is 2.88 bits per heavy atom. The molecule has 17 heavy (non-hydrogen) atoms. The summed E-state index contributed by atoms with van der Waals surface area (Å²) in [4.78, 5) is 15.4. The number of nitrogen functional groups attached to an aromatic ring is 1. The van der Waals surface area contributed by atoms with Gasteiger partial charge in [-0.3, -0.25) is 4.57 Å². The number of aromatic nitrogens is 4. The van der Waals surface area contributed by atoms with Crippen molar-refractivity contribution in [1.29, 1.82) is 0 Å². The van der Waals surface area contributed by atoms with Crippen LogP contribution in [0.1, 0.15) is 0 Å². The number of aromatic amines is 1. The van der Waals surface area contributed by atoms with Crippen LogP contribution in [0.3, 0.4) is 0 Å². The molecular formula is C9H11N5O2S. The predicted molar refractivity (Wildman–Crippen MR) is 63.2 cm³/mol. The Bertz CT molecular complexity index is 591. The first-order valence-electron chi connectivity index (χ1n) is 4.71. The number of rotatable bonds is 3. The van der Waals surface area contributed by atoms with Crippen LogP contribution in [0.4, 0.5) is 5.69 Å². The second-order valence-corrected chi connectivity index (χ2v) is 4.21. The summed E-state index contributed by atoms with van der Waals surface area (Å²) in [7, 11) is 3.13. The summed E-state index contributed by atoms with van der Waals surface area (Å²) in [5.41, 5.74) is 5.85. The van der Waals surface area contributed by atoms with Gasteiger partial charge in [-0.15, -0.1) is 5.10 Å². The third-order valence-corrected chi connectivity index (χ3v) is 3.08. The molecule has 0 saturated heterocycles. The number of hydrogen-bond acceptors (Lipinski definition) is 6. The van der Waals surface area contributed by atoms with Gasteiger partial charge >= 0.3 is 5.69 Å². The Kier molecular flexibility index (Phi) is 3.05. The number of methoxy groups -OCH3 is 1. The van der Waals surface area contributed by atoms with E-state index in [1.54, 1.807) is 19.2 Å². The van der Waals surface area contributed by atoms with E-state index in [-0.39, 0.29) is 5.69 Å². The van der Waals surface area contributed by atoms with Crippen LogP contribution in [0.15, 0.2) is 27.1 Å². The topological polar surface area (TPSA) is 98.8 Å². The van der Waals surface area contributed by atoms with Gasteiger partial charge in [-0.1, -0.05) is 0 Å². The lowest BCUT2D eigenvalue weighted by Crippen LogP contribution is -2.12. The van der Waals surface area contributed by atoms with Crippen molar-refractivity contribution < 1.29 is 4.74 Å². The number of H-pyrrole nitrogens is 1. The number of nitrogens with two attached hydrogens (primary N) is 1. The van der Waals surface area contributed by atoms with Crippen molar-refractivity contribution in [3.05, 3.63) is 22.6 Å². The van der Waals surface area contributed by atoms with Gasteiger partial charge in [0, 0.05) is 7.05 Å². The van der Waals surface area contributed by atoms with Gasteiger partial charge in [0.1, 0.15) is 5.03 Å². The molecule has 0 amide bonds. The molecule has 0 aliphatic heterocycles. The number of hydrogen-bond donors (Lipinski definition) is 2. The third-order valence-electron chi connectivity index (χ3n) is 2.09. The summed E-state index contributed by atoms with van der Waals surface area (Å²) in [6, 6.07) is 3.43. The van der Waals surface area contributed by atoms with E-state index in [4.69, 9.17) is 10.5 Å². The van der Waals surface area contributed by atoms with Crippen molar-refractivity contribution in [2.75, 3.05) is 12.8 Å². The molecule has 0 spiro atoms. The highest BCUT2D eigenvalue weighted by molar-refractivity contribution is 7.99. The van der Waals surface area contributed by atoms with Crippen molar-refractivity contribution in [2.24, 2.45) is 7.05 Å². The molecule has 0 radical (unpaired) electrons. The zero-order valence-electron chi connectivity index (χ0n) is 9.30. The van der Waals surface area contributed by atoms with Crippen LogP contribution in [0.2, 0.25) is 0 Å². The van der Waals surface area contributed by atoms with E-state index in [0.717, 1.165) is 0 Å². The van der Waals surface area contributed by atoms with E-state index in [2.05, 4.69) is 15.2 Å². The minimum absolute atomic E-state index is 0.269. The van der Waals surface area contributed by atoms with Crippen molar-refractivity contribution in [3.63, 3.8) is 0 Å². The van der Waals surface area contributed by atoms with Crippen molar-refractivity contribution in [2.45, 2.75) is 10.2 Å². The molecule has 0 aliphatic rings. The molecule has 2 aromatic rings. The number of pyridine rings is 1. The Morgan fingerprint density at radius 2 is 2.29 bits per heavy atom. The van der Waals surface area contributed by atoms with E-state index in [1.807, 2.05) is 0 Å². The Labute approximate surface area is 101 Å². The summed E-state index contributed by atoms with van der Waals surface area (Å²) in [6.45, 7) is 0. The first kappa shape index (κ1) is 11.5. The SMILES string of the molecule is COc1nc(Sc2n[nH]c(=O)n2C)ccc1N. The molecule has 0 saturated carbocycles. The fourth-order valence-electron chi connectivity index (χ4n) is 1.17. The molecule has 8 heteroatoms. The van der Waals surface area contributed by atoms with Crippen LogP contribution in [0, 0.1) is 0 Å². The van der Waals surface area contributed by atoms with E-state index in [0.29, 0.717) is 21.7 Å².